The molecule has 0 saturated carbocycles. The van der Waals surface area contributed by atoms with Crippen molar-refractivity contribution in [1.29, 1.82) is 0 Å². The maximum Gasteiger partial charge on any atom is 0.335 e. The average Bonchev–Trinajstić information content (AvgIpc) is 3.21. The Morgan fingerprint density at radius 2 is 1.48 bits per heavy atom. The summed E-state index contributed by atoms with van der Waals surface area (Å²) in [5.74, 6) is -0.524. The molecule has 1 N–H and O–H groups in total. The van der Waals surface area contributed by atoms with Gasteiger partial charge in [-0.2, -0.15) is 0 Å². The Kier molecular flexibility index (Phi) is 5.94. The van der Waals surface area contributed by atoms with Gasteiger partial charge < -0.3 is 14.4 Å². The second-order valence-electron chi connectivity index (χ2n) is 7.20. The van der Waals surface area contributed by atoms with Crippen molar-refractivity contribution in [3.05, 3.63) is 113 Å². The SMILES string of the molecule is O=C(O)c1ccc(CN(Cc2ccccc2)C(=O)/C=C/c2cc3ccccc3o2)cc1. The number of fused-ring (bicyclic) bond motifs is 1. The van der Waals surface area contributed by atoms with Crippen molar-refractivity contribution in [3.63, 3.8) is 0 Å². The predicted molar refractivity (Wildman–Crippen MR) is 119 cm³/mol. The van der Waals surface area contributed by atoms with Crippen molar-refractivity contribution < 1.29 is 19.1 Å². The van der Waals surface area contributed by atoms with Gasteiger partial charge in [0.2, 0.25) is 5.91 Å². The summed E-state index contributed by atoms with van der Waals surface area (Å²) in [7, 11) is 0. The Morgan fingerprint density at radius 1 is 0.839 bits per heavy atom. The Labute approximate surface area is 179 Å². The highest BCUT2D eigenvalue weighted by Crippen LogP contribution is 2.20. The summed E-state index contributed by atoms with van der Waals surface area (Å²) in [5, 5.41) is 10.1. The molecule has 5 nitrogen and oxygen atoms in total. The smallest absolute Gasteiger partial charge is 0.335 e. The fourth-order valence-corrected chi connectivity index (χ4v) is 3.33. The van der Waals surface area contributed by atoms with Crippen LogP contribution in [0.4, 0.5) is 0 Å². The van der Waals surface area contributed by atoms with E-state index in [1.807, 2.05) is 60.7 Å². The molecule has 1 heterocycles. The zero-order valence-corrected chi connectivity index (χ0v) is 16.8. The van der Waals surface area contributed by atoms with Crippen LogP contribution in [0.25, 0.3) is 17.0 Å². The van der Waals surface area contributed by atoms with Crippen LogP contribution in [0, 0.1) is 0 Å². The molecule has 0 aliphatic rings. The molecule has 31 heavy (non-hydrogen) atoms. The topological polar surface area (TPSA) is 70.8 Å². The summed E-state index contributed by atoms with van der Waals surface area (Å²) in [4.78, 5) is 25.8. The lowest BCUT2D eigenvalue weighted by molar-refractivity contribution is -0.127. The molecule has 0 aliphatic heterocycles. The molecule has 5 heteroatoms. The monoisotopic (exact) mass is 411 g/mol. The molecule has 4 rings (SSSR count). The summed E-state index contributed by atoms with van der Waals surface area (Å²) < 4.78 is 5.76. The van der Waals surface area contributed by atoms with Gasteiger partial charge in [-0.05, 0) is 41.5 Å². The van der Waals surface area contributed by atoms with Gasteiger partial charge in [0, 0.05) is 24.6 Å². The second kappa shape index (κ2) is 9.13. The van der Waals surface area contributed by atoms with Crippen LogP contribution in [0.2, 0.25) is 0 Å². The number of carbonyl (C=O) groups is 2. The Balaban J connectivity index is 1.54. The number of aromatic carboxylic acids is 1. The molecule has 0 atom stereocenters. The van der Waals surface area contributed by atoms with Crippen LogP contribution >= 0.6 is 0 Å². The minimum atomic E-state index is -0.975. The zero-order valence-electron chi connectivity index (χ0n) is 16.8. The van der Waals surface area contributed by atoms with E-state index in [0.717, 1.165) is 22.1 Å². The summed E-state index contributed by atoms with van der Waals surface area (Å²) in [6, 6.07) is 25.9. The minimum absolute atomic E-state index is 0.161. The van der Waals surface area contributed by atoms with E-state index >= 15 is 0 Å². The number of nitrogens with zero attached hydrogens (tertiary/aromatic N) is 1. The molecule has 154 valence electrons. The quantitative estimate of drug-likeness (QED) is 0.415. The van der Waals surface area contributed by atoms with Crippen LogP contribution in [-0.2, 0) is 17.9 Å². The molecule has 0 fully saturated rings. The van der Waals surface area contributed by atoms with Crippen molar-refractivity contribution in [2.24, 2.45) is 0 Å². The van der Waals surface area contributed by atoms with E-state index in [0.29, 0.717) is 18.8 Å². The summed E-state index contributed by atoms with van der Waals surface area (Å²) >= 11 is 0. The number of carboxylic acid groups (broad SMARTS) is 1. The van der Waals surface area contributed by atoms with Gasteiger partial charge in [-0.15, -0.1) is 0 Å². The van der Waals surface area contributed by atoms with Gasteiger partial charge in [0.05, 0.1) is 5.56 Å². The molecule has 4 aromatic rings. The Morgan fingerprint density at radius 3 is 2.16 bits per heavy atom. The van der Waals surface area contributed by atoms with Gasteiger partial charge in [0.15, 0.2) is 0 Å². The first-order valence-corrected chi connectivity index (χ1v) is 9.90. The maximum atomic E-state index is 13.0. The van der Waals surface area contributed by atoms with Crippen molar-refractivity contribution >= 4 is 28.9 Å². The van der Waals surface area contributed by atoms with Crippen LogP contribution in [0.15, 0.2) is 95.4 Å². The molecule has 1 amide bonds. The highest BCUT2D eigenvalue weighted by Gasteiger charge is 2.13. The first-order valence-electron chi connectivity index (χ1n) is 9.90. The second-order valence-corrected chi connectivity index (χ2v) is 7.20. The number of carbonyl (C=O) groups excluding carboxylic acids is 1. The van der Waals surface area contributed by atoms with Gasteiger partial charge in [-0.3, -0.25) is 4.79 Å². The Bertz CT molecular complexity index is 1190. The summed E-state index contributed by atoms with van der Waals surface area (Å²) in [6.07, 6.45) is 3.18. The number of para-hydroxylation sites is 1. The molecule has 0 radical (unpaired) electrons. The largest absolute Gasteiger partial charge is 0.478 e. The molecule has 1 aromatic heterocycles. The average molecular weight is 411 g/mol. The van der Waals surface area contributed by atoms with Crippen LogP contribution in [0.1, 0.15) is 27.2 Å². The van der Waals surface area contributed by atoms with E-state index < -0.39 is 5.97 Å². The number of hydrogen-bond donors (Lipinski definition) is 1. The fourth-order valence-electron chi connectivity index (χ4n) is 3.33. The van der Waals surface area contributed by atoms with Crippen molar-refractivity contribution in [2.75, 3.05) is 0 Å². The van der Waals surface area contributed by atoms with Crippen LogP contribution in [0.5, 0.6) is 0 Å². The van der Waals surface area contributed by atoms with Crippen LogP contribution < -0.4 is 0 Å². The van der Waals surface area contributed by atoms with Crippen molar-refractivity contribution in [1.82, 2.24) is 4.90 Å². The van der Waals surface area contributed by atoms with E-state index in [2.05, 4.69) is 0 Å². The molecule has 0 aliphatic carbocycles. The van der Waals surface area contributed by atoms with Crippen molar-refractivity contribution in [3.8, 4) is 0 Å². The number of amides is 1. The van der Waals surface area contributed by atoms with E-state index in [1.165, 1.54) is 6.08 Å². The first-order chi connectivity index (χ1) is 15.1. The predicted octanol–water partition coefficient (Wildman–Crippen LogP) is 5.37. The third kappa shape index (κ3) is 5.08. The van der Waals surface area contributed by atoms with E-state index in [9.17, 15) is 9.59 Å². The molecule has 0 unspecified atom stereocenters. The molecule has 3 aromatic carbocycles. The maximum absolute atomic E-state index is 13.0. The Hall–Kier alpha value is -4.12. The molecular formula is C26H21NO4. The minimum Gasteiger partial charge on any atom is -0.478 e. The highest BCUT2D eigenvalue weighted by molar-refractivity contribution is 5.92. The van der Waals surface area contributed by atoms with E-state index in [4.69, 9.17) is 9.52 Å². The summed E-state index contributed by atoms with van der Waals surface area (Å²) in [5.41, 5.74) is 2.85. The number of carboxylic acids is 1. The lowest BCUT2D eigenvalue weighted by atomic mass is 10.1. The van der Waals surface area contributed by atoms with Crippen molar-refractivity contribution in [2.45, 2.75) is 13.1 Å². The third-order valence-corrected chi connectivity index (χ3v) is 4.94. The van der Waals surface area contributed by atoms with Gasteiger partial charge in [0.1, 0.15) is 11.3 Å². The molecule has 0 spiro atoms. The van der Waals surface area contributed by atoms with Gasteiger partial charge in [-0.25, -0.2) is 4.79 Å². The fraction of sp³-hybridized carbons (Fsp3) is 0.0769. The normalized spacial score (nSPS) is 11.1. The number of hydrogen-bond acceptors (Lipinski definition) is 3. The van der Waals surface area contributed by atoms with E-state index in [-0.39, 0.29) is 11.5 Å². The highest BCUT2D eigenvalue weighted by atomic mass is 16.4. The number of furan rings is 1. The first kappa shape index (κ1) is 20.2. The number of benzene rings is 3. The zero-order chi connectivity index (χ0) is 21.6. The van der Waals surface area contributed by atoms with Gasteiger partial charge in [0.25, 0.3) is 0 Å². The standard InChI is InChI=1S/C26H21NO4/c28-25(15-14-23-16-22-8-4-5-9-24(22)31-23)27(17-19-6-2-1-3-7-19)18-20-10-12-21(13-11-20)26(29)30/h1-16H,17-18H2,(H,29,30)/b15-14+. The lowest BCUT2D eigenvalue weighted by Crippen LogP contribution is -2.28. The molecule has 0 bridgehead atoms. The summed E-state index contributed by atoms with van der Waals surface area (Å²) in [6.45, 7) is 0.795. The lowest BCUT2D eigenvalue weighted by Gasteiger charge is -2.21. The van der Waals surface area contributed by atoms with E-state index in [1.54, 1.807) is 35.2 Å². The van der Waals surface area contributed by atoms with Crippen LogP contribution in [-0.4, -0.2) is 21.9 Å². The number of rotatable bonds is 7. The van der Waals surface area contributed by atoms with Crippen LogP contribution in [0.3, 0.4) is 0 Å². The molecular weight excluding hydrogens is 390 g/mol. The van der Waals surface area contributed by atoms with Gasteiger partial charge in [-0.1, -0.05) is 60.7 Å². The third-order valence-electron chi connectivity index (χ3n) is 4.94. The molecule has 0 saturated heterocycles. The van der Waals surface area contributed by atoms with Gasteiger partial charge >= 0.3 is 5.97 Å².